The number of carbonyl (C=O) groups excluding carboxylic acids is 1. The van der Waals surface area contributed by atoms with Gasteiger partial charge in [-0.15, -0.1) is 0 Å². The number of benzene rings is 1. The molecule has 0 bridgehead atoms. The number of rotatable bonds is 7. The number of esters is 1. The van der Waals surface area contributed by atoms with Crippen LogP contribution in [0.3, 0.4) is 0 Å². The van der Waals surface area contributed by atoms with Gasteiger partial charge in [0.25, 0.3) is 5.56 Å². The molecule has 8 heteroatoms. The topological polar surface area (TPSA) is 104 Å². The minimum Gasteiger partial charge on any atom is -0.465 e. The third-order valence-electron chi connectivity index (χ3n) is 5.65. The highest BCUT2D eigenvalue weighted by atomic mass is 16.5. The van der Waals surface area contributed by atoms with E-state index in [0.717, 1.165) is 37.2 Å². The zero-order valence-corrected chi connectivity index (χ0v) is 17.4. The first-order valence-electron chi connectivity index (χ1n) is 10.5. The minimum atomic E-state index is -0.361. The summed E-state index contributed by atoms with van der Waals surface area (Å²) in [6, 6.07) is 7.26. The van der Waals surface area contributed by atoms with E-state index in [1.54, 1.807) is 12.1 Å². The standard InChI is InChI=1S/C22H27N5O3/c1-3-12-27(13-14-8-10-16(11-9-14)21(29)30-2)22-25-19-17(20(28)26-22)23-18(24-19)15-6-4-5-7-15/h8-11,15H,3-7,12-13H2,1-2H3,(H2,23,24,25,26,28). The second-order valence-electron chi connectivity index (χ2n) is 7.80. The molecule has 158 valence electrons. The Kier molecular flexibility index (Phi) is 5.83. The number of aromatic amines is 2. The molecule has 0 aliphatic heterocycles. The number of fused-ring (bicyclic) bond motifs is 1. The van der Waals surface area contributed by atoms with E-state index < -0.39 is 0 Å². The smallest absolute Gasteiger partial charge is 0.337 e. The largest absolute Gasteiger partial charge is 0.465 e. The maximum atomic E-state index is 12.7. The highest BCUT2D eigenvalue weighted by molar-refractivity contribution is 5.89. The van der Waals surface area contributed by atoms with Crippen molar-refractivity contribution >= 4 is 23.1 Å². The molecular formula is C22H27N5O3. The molecule has 3 aromatic rings. The van der Waals surface area contributed by atoms with Crippen molar-refractivity contribution in [1.82, 2.24) is 19.9 Å². The van der Waals surface area contributed by atoms with Gasteiger partial charge in [0, 0.05) is 19.0 Å². The van der Waals surface area contributed by atoms with E-state index in [1.165, 1.54) is 20.0 Å². The molecule has 2 heterocycles. The van der Waals surface area contributed by atoms with Gasteiger partial charge in [0.1, 0.15) is 5.82 Å². The summed E-state index contributed by atoms with van der Waals surface area (Å²) in [5, 5.41) is 0. The monoisotopic (exact) mass is 409 g/mol. The van der Waals surface area contributed by atoms with Gasteiger partial charge in [-0.05, 0) is 37.0 Å². The highest BCUT2D eigenvalue weighted by Crippen LogP contribution is 2.32. The molecule has 30 heavy (non-hydrogen) atoms. The van der Waals surface area contributed by atoms with Crippen LogP contribution in [0.4, 0.5) is 5.95 Å². The van der Waals surface area contributed by atoms with E-state index in [9.17, 15) is 9.59 Å². The van der Waals surface area contributed by atoms with Crippen molar-refractivity contribution in [2.75, 3.05) is 18.6 Å². The number of anilines is 1. The van der Waals surface area contributed by atoms with Crippen molar-refractivity contribution in [1.29, 1.82) is 0 Å². The number of nitrogens with one attached hydrogen (secondary N) is 2. The summed E-state index contributed by atoms with van der Waals surface area (Å²) in [5.41, 5.74) is 2.23. The number of carbonyl (C=O) groups is 1. The first kappa shape index (κ1) is 20.1. The summed E-state index contributed by atoms with van der Waals surface area (Å²) in [6.07, 6.45) is 5.52. The van der Waals surface area contributed by atoms with Gasteiger partial charge in [0.05, 0.1) is 12.7 Å². The lowest BCUT2D eigenvalue weighted by Gasteiger charge is -2.22. The lowest BCUT2D eigenvalue weighted by molar-refractivity contribution is 0.0600. The minimum absolute atomic E-state index is 0.200. The Balaban J connectivity index is 1.61. The molecular weight excluding hydrogens is 382 g/mol. The number of ether oxygens (including phenoxy) is 1. The average Bonchev–Trinajstić information content (AvgIpc) is 3.43. The van der Waals surface area contributed by atoms with Gasteiger partial charge in [0.15, 0.2) is 11.2 Å². The van der Waals surface area contributed by atoms with Gasteiger partial charge in [-0.1, -0.05) is 31.9 Å². The molecule has 1 aromatic carbocycles. The lowest BCUT2D eigenvalue weighted by atomic mass is 10.1. The maximum Gasteiger partial charge on any atom is 0.337 e. The first-order chi connectivity index (χ1) is 14.6. The zero-order chi connectivity index (χ0) is 21.1. The van der Waals surface area contributed by atoms with E-state index in [0.29, 0.717) is 35.1 Å². The molecule has 1 saturated carbocycles. The van der Waals surface area contributed by atoms with E-state index in [2.05, 4.69) is 26.9 Å². The Labute approximate surface area is 174 Å². The van der Waals surface area contributed by atoms with Crippen molar-refractivity contribution in [3.8, 4) is 0 Å². The molecule has 0 spiro atoms. The molecule has 0 saturated heterocycles. The van der Waals surface area contributed by atoms with Crippen LogP contribution in [0.5, 0.6) is 0 Å². The van der Waals surface area contributed by atoms with E-state index >= 15 is 0 Å². The number of H-pyrrole nitrogens is 2. The van der Waals surface area contributed by atoms with Crippen LogP contribution in [-0.2, 0) is 11.3 Å². The van der Waals surface area contributed by atoms with E-state index in [4.69, 9.17) is 4.74 Å². The van der Waals surface area contributed by atoms with E-state index in [-0.39, 0.29) is 11.5 Å². The van der Waals surface area contributed by atoms with Crippen LogP contribution in [0.15, 0.2) is 29.1 Å². The average molecular weight is 409 g/mol. The molecule has 4 rings (SSSR count). The second-order valence-corrected chi connectivity index (χ2v) is 7.80. The molecule has 0 amide bonds. The zero-order valence-electron chi connectivity index (χ0n) is 17.4. The Morgan fingerprint density at radius 1 is 1.17 bits per heavy atom. The molecule has 8 nitrogen and oxygen atoms in total. The Morgan fingerprint density at radius 3 is 2.57 bits per heavy atom. The number of imidazole rings is 1. The summed E-state index contributed by atoms with van der Waals surface area (Å²) in [7, 11) is 1.37. The quantitative estimate of drug-likeness (QED) is 0.579. The summed E-state index contributed by atoms with van der Waals surface area (Å²) < 4.78 is 4.75. The van der Waals surface area contributed by atoms with Crippen molar-refractivity contribution in [3.63, 3.8) is 0 Å². The van der Waals surface area contributed by atoms with Gasteiger partial charge in [0.2, 0.25) is 5.95 Å². The summed E-state index contributed by atoms with van der Waals surface area (Å²) >= 11 is 0. The fourth-order valence-electron chi connectivity index (χ4n) is 4.07. The van der Waals surface area contributed by atoms with Crippen molar-refractivity contribution in [2.45, 2.75) is 51.5 Å². The Morgan fingerprint density at radius 2 is 1.90 bits per heavy atom. The molecule has 2 aromatic heterocycles. The fraction of sp³-hybridized carbons (Fsp3) is 0.455. The van der Waals surface area contributed by atoms with Crippen LogP contribution in [0.1, 0.15) is 66.7 Å². The van der Waals surface area contributed by atoms with E-state index in [1.807, 2.05) is 17.0 Å². The van der Waals surface area contributed by atoms with Crippen molar-refractivity contribution < 1.29 is 9.53 Å². The molecule has 1 fully saturated rings. The maximum absolute atomic E-state index is 12.7. The lowest BCUT2D eigenvalue weighted by Crippen LogP contribution is -2.28. The number of hydrogen-bond acceptors (Lipinski definition) is 6. The summed E-state index contributed by atoms with van der Waals surface area (Å²) in [6.45, 7) is 3.37. The normalized spacial score (nSPS) is 14.3. The molecule has 0 unspecified atom stereocenters. The van der Waals surface area contributed by atoms with Crippen molar-refractivity contribution in [2.24, 2.45) is 0 Å². The molecule has 2 N–H and O–H groups in total. The highest BCUT2D eigenvalue weighted by Gasteiger charge is 2.22. The van der Waals surface area contributed by atoms with Gasteiger partial charge >= 0.3 is 5.97 Å². The van der Waals surface area contributed by atoms with Gasteiger partial charge in [-0.2, -0.15) is 4.98 Å². The number of nitrogens with zero attached hydrogens (tertiary/aromatic N) is 3. The van der Waals surface area contributed by atoms with Gasteiger partial charge < -0.3 is 14.6 Å². The predicted molar refractivity (Wildman–Crippen MR) is 115 cm³/mol. The molecule has 0 atom stereocenters. The van der Waals surface area contributed by atoms with Gasteiger partial charge in [-0.3, -0.25) is 9.78 Å². The van der Waals surface area contributed by atoms with Crippen LogP contribution in [0.2, 0.25) is 0 Å². The molecule has 0 radical (unpaired) electrons. The van der Waals surface area contributed by atoms with Crippen LogP contribution >= 0.6 is 0 Å². The summed E-state index contributed by atoms with van der Waals surface area (Å²) in [5.74, 6) is 1.41. The first-order valence-corrected chi connectivity index (χ1v) is 10.5. The third-order valence-corrected chi connectivity index (χ3v) is 5.65. The van der Waals surface area contributed by atoms with Crippen LogP contribution in [0.25, 0.3) is 11.2 Å². The van der Waals surface area contributed by atoms with Crippen LogP contribution in [0, 0.1) is 0 Å². The van der Waals surface area contributed by atoms with Crippen molar-refractivity contribution in [3.05, 3.63) is 51.6 Å². The SMILES string of the molecule is CCCN(Cc1ccc(C(=O)OC)cc1)c1nc2nc(C3CCCC3)[nH]c2c(=O)[nH]1. The Bertz CT molecular complexity index is 1080. The number of hydrogen-bond donors (Lipinski definition) is 2. The number of methoxy groups -OCH3 is 1. The fourth-order valence-corrected chi connectivity index (χ4v) is 4.07. The summed E-state index contributed by atoms with van der Waals surface area (Å²) in [4.78, 5) is 41.8. The number of aromatic nitrogens is 4. The molecule has 1 aliphatic rings. The molecule has 1 aliphatic carbocycles. The third kappa shape index (κ3) is 4.08. The Hall–Kier alpha value is -3.16. The predicted octanol–water partition coefficient (Wildman–Crippen LogP) is 3.51. The van der Waals surface area contributed by atoms with Gasteiger partial charge in [-0.25, -0.2) is 9.78 Å². The van der Waals surface area contributed by atoms with Crippen LogP contribution < -0.4 is 10.5 Å². The van der Waals surface area contributed by atoms with Crippen LogP contribution in [-0.4, -0.2) is 39.6 Å². The second kappa shape index (κ2) is 8.69.